The molecule has 0 atom stereocenters. The van der Waals surface area contributed by atoms with Gasteiger partial charge in [-0.15, -0.1) is 10.2 Å². The summed E-state index contributed by atoms with van der Waals surface area (Å²) in [5.41, 5.74) is 0.552. The predicted molar refractivity (Wildman–Crippen MR) is 95.2 cm³/mol. The number of benzene rings is 1. The van der Waals surface area contributed by atoms with Crippen LogP contribution in [0.15, 0.2) is 34.2 Å². The van der Waals surface area contributed by atoms with Crippen LogP contribution in [0.2, 0.25) is 0 Å². The molecular formula is C17H19N3O5S. The third kappa shape index (κ3) is 5.69. The van der Waals surface area contributed by atoms with E-state index in [1.807, 2.05) is 0 Å². The number of esters is 1. The molecule has 0 unspecified atom stereocenters. The Balaban J connectivity index is 1.98. The average Bonchev–Trinajstić information content (AvgIpc) is 2.58. The molecule has 1 aromatic carbocycles. The Bertz CT molecular complexity index is 850. The Morgan fingerprint density at radius 2 is 2.00 bits per heavy atom. The zero-order valence-corrected chi connectivity index (χ0v) is 15.2. The quantitative estimate of drug-likeness (QED) is 0.529. The molecule has 0 bridgehead atoms. The van der Waals surface area contributed by atoms with Crippen LogP contribution in [-0.4, -0.2) is 38.3 Å². The first-order chi connectivity index (χ1) is 12.4. The number of thioether (sulfide) groups is 1. The monoisotopic (exact) mass is 377 g/mol. The van der Waals surface area contributed by atoms with Gasteiger partial charge in [0.1, 0.15) is 5.69 Å². The lowest BCUT2D eigenvalue weighted by Gasteiger charge is -2.07. The summed E-state index contributed by atoms with van der Waals surface area (Å²) in [7, 11) is 0. The van der Waals surface area contributed by atoms with E-state index in [2.05, 4.69) is 15.2 Å². The number of rotatable bonds is 8. The summed E-state index contributed by atoms with van der Waals surface area (Å²) in [5, 5.41) is 17.2. The summed E-state index contributed by atoms with van der Waals surface area (Å²) < 4.78 is 5.00. The smallest absolute Gasteiger partial charge is 0.335 e. The molecule has 0 aliphatic heterocycles. The third-order valence-corrected chi connectivity index (χ3v) is 4.20. The lowest BCUT2D eigenvalue weighted by atomic mass is 10.1. The molecule has 2 aromatic rings. The number of aromatic carboxylic acids is 1. The number of aryl methyl sites for hydroxylation is 1. The molecule has 26 heavy (non-hydrogen) atoms. The third-order valence-electron chi connectivity index (χ3n) is 3.29. The van der Waals surface area contributed by atoms with E-state index in [0.29, 0.717) is 11.3 Å². The van der Waals surface area contributed by atoms with E-state index in [4.69, 9.17) is 9.84 Å². The fraction of sp³-hybridized carbons (Fsp3) is 0.353. The normalized spacial score (nSPS) is 10.7. The Morgan fingerprint density at radius 1 is 1.27 bits per heavy atom. The number of carboxylic acid groups (broad SMARTS) is 1. The SMILES string of the molecule is CC(C)OC(=O)CCc1nnc(SCc2ccccc2C(=O)O)[nH]c1=O. The van der Waals surface area contributed by atoms with Crippen molar-refractivity contribution in [1.82, 2.24) is 15.2 Å². The highest BCUT2D eigenvalue weighted by atomic mass is 32.2. The fourth-order valence-corrected chi connectivity index (χ4v) is 2.92. The summed E-state index contributed by atoms with van der Waals surface area (Å²) in [6.45, 7) is 3.50. The van der Waals surface area contributed by atoms with Gasteiger partial charge in [0.05, 0.1) is 18.1 Å². The van der Waals surface area contributed by atoms with Crippen LogP contribution in [0.25, 0.3) is 0 Å². The summed E-state index contributed by atoms with van der Waals surface area (Å²) in [6, 6.07) is 6.62. The van der Waals surface area contributed by atoms with Crippen molar-refractivity contribution in [3.63, 3.8) is 0 Å². The van der Waals surface area contributed by atoms with Gasteiger partial charge in [0.2, 0.25) is 0 Å². The maximum atomic E-state index is 12.0. The molecule has 9 heteroatoms. The van der Waals surface area contributed by atoms with Crippen molar-refractivity contribution in [3.05, 3.63) is 51.4 Å². The van der Waals surface area contributed by atoms with Crippen molar-refractivity contribution in [2.24, 2.45) is 0 Å². The van der Waals surface area contributed by atoms with Gasteiger partial charge in [-0.1, -0.05) is 30.0 Å². The highest BCUT2D eigenvalue weighted by molar-refractivity contribution is 7.98. The highest BCUT2D eigenvalue weighted by Crippen LogP contribution is 2.20. The summed E-state index contributed by atoms with van der Waals surface area (Å²) in [6.07, 6.45) is -0.0194. The number of ether oxygens (including phenoxy) is 1. The van der Waals surface area contributed by atoms with Crippen molar-refractivity contribution in [2.75, 3.05) is 0 Å². The lowest BCUT2D eigenvalue weighted by molar-refractivity contribution is -0.147. The van der Waals surface area contributed by atoms with E-state index in [0.717, 1.165) is 0 Å². The van der Waals surface area contributed by atoms with Crippen LogP contribution in [0.1, 0.15) is 41.9 Å². The summed E-state index contributed by atoms with van der Waals surface area (Å²) in [5.74, 6) is -1.08. The molecule has 0 aliphatic rings. The first-order valence-corrected chi connectivity index (χ1v) is 8.94. The summed E-state index contributed by atoms with van der Waals surface area (Å²) in [4.78, 5) is 37.3. The second-order valence-electron chi connectivity index (χ2n) is 5.70. The zero-order valence-electron chi connectivity index (χ0n) is 14.4. The van der Waals surface area contributed by atoms with Crippen LogP contribution < -0.4 is 5.56 Å². The van der Waals surface area contributed by atoms with E-state index < -0.39 is 17.5 Å². The number of carbonyl (C=O) groups is 2. The highest BCUT2D eigenvalue weighted by Gasteiger charge is 2.12. The van der Waals surface area contributed by atoms with Crippen molar-refractivity contribution >= 4 is 23.7 Å². The molecule has 0 radical (unpaired) electrons. The maximum Gasteiger partial charge on any atom is 0.335 e. The number of hydrogen-bond acceptors (Lipinski definition) is 7. The first-order valence-electron chi connectivity index (χ1n) is 7.96. The minimum atomic E-state index is -1.01. The number of hydrogen-bond donors (Lipinski definition) is 2. The summed E-state index contributed by atoms with van der Waals surface area (Å²) >= 11 is 1.18. The molecule has 0 saturated carbocycles. The van der Waals surface area contributed by atoms with Crippen molar-refractivity contribution in [2.45, 2.75) is 43.7 Å². The van der Waals surface area contributed by atoms with Crippen molar-refractivity contribution < 1.29 is 19.4 Å². The number of carboxylic acids is 1. The minimum absolute atomic E-state index is 0.0500. The number of aromatic amines is 1. The van der Waals surface area contributed by atoms with Gasteiger partial charge in [0.15, 0.2) is 5.16 Å². The molecule has 0 amide bonds. The number of nitrogens with one attached hydrogen (secondary N) is 1. The van der Waals surface area contributed by atoms with Crippen LogP contribution in [0.5, 0.6) is 0 Å². The van der Waals surface area contributed by atoms with E-state index in [1.165, 1.54) is 17.8 Å². The van der Waals surface area contributed by atoms with Crippen LogP contribution in [0.4, 0.5) is 0 Å². The van der Waals surface area contributed by atoms with E-state index >= 15 is 0 Å². The van der Waals surface area contributed by atoms with Crippen LogP contribution in [-0.2, 0) is 21.7 Å². The molecule has 138 valence electrons. The van der Waals surface area contributed by atoms with Crippen molar-refractivity contribution in [3.8, 4) is 0 Å². The largest absolute Gasteiger partial charge is 0.478 e. The average molecular weight is 377 g/mol. The minimum Gasteiger partial charge on any atom is -0.478 e. The van der Waals surface area contributed by atoms with Gasteiger partial charge in [0, 0.05) is 12.2 Å². The molecule has 2 rings (SSSR count). The molecule has 1 aromatic heterocycles. The van der Waals surface area contributed by atoms with E-state index in [-0.39, 0.29) is 35.4 Å². The Hall–Kier alpha value is -2.68. The van der Waals surface area contributed by atoms with Gasteiger partial charge in [-0.3, -0.25) is 14.6 Å². The van der Waals surface area contributed by atoms with Gasteiger partial charge >= 0.3 is 11.9 Å². The molecule has 8 nitrogen and oxygen atoms in total. The van der Waals surface area contributed by atoms with Crippen LogP contribution in [0, 0.1) is 0 Å². The second-order valence-corrected chi connectivity index (χ2v) is 6.66. The molecule has 0 spiro atoms. The number of H-pyrrole nitrogens is 1. The van der Waals surface area contributed by atoms with Gasteiger partial charge in [-0.25, -0.2) is 4.79 Å². The standard InChI is InChI=1S/C17H19N3O5S/c1-10(2)25-14(21)8-7-13-15(22)18-17(20-19-13)26-9-11-5-3-4-6-12(11)16(23)24/h3-6,10H,7-9H2,1-2H3,(H,23,24)(H,18,20,22). The Morgan fingerprint density at radius 3 is 2.65 bits per heavy atom. The van der Waals surface area contributed by atoms with Gasteiger partial charge in [-0.05, 0) is 25.5 Å². The number of aromatic nitrogens is 3. The molecule has 0 fully saturated rings. The van der Waals surface area contributed by atoms with Gasteiger partial charge in [-0.2, -0.15) is 0 Å². The predicted octanol–water partition coefficient (Wildman–Crippen LogP) is 2.04. The molecule has 0 aliphatic carbocycles. The second kappa shape index (κ2) is 9.14. The number of nitrogens with zero attached hydrogens (tertiary/aromatic N) is 2. The van der Waals surface area contributed by atoms with E-state index in [9.17, 15) is 14.4 Å². The molecule has 1 heterocycles. The van der Waals surface area contributed by atoms with Crippen LogP contribution in [0.3, 0.4) is 0 Å². The fourth-order valence-electron chi connectivity index (χ4n) is 2.12. The zero-order chi connectivity index (χ0) is 19.1. The first kappa shape index (κ1) is 19.6. The number of carbonyl (C=O) groups excluding carboxylic acids is 1. The van der Waals surface area contributed by atoms with Gasteiger partial charge in [0.25, 0.3) is 5.56 Å². The Kier molecular flexibility index (Phi) is 6.90. The van der Waals surface area contributed by atoms with Crippen LogP contribution >= 0.6 is 11.8 Å². The maximum absolute atomic E-state index is 12.0. The van der Waals surface area contributed by atoms with Gasteiger partial charge < -0.3 is 9.84 Å². The lowest BCUT2D eigenvalue weighted by Crippen LogP contribution is -2.20. The Labute approximate surface area is 154 Å². The molecule has 2 N–H and O–H groups in total. The molecule has 0 saturated heterocycles. The van der Waals surface area contributed by atoms with E-state index in [1.54, 1.807) is 32.0 Å². The van der Waals surface area contributed by atoms with Crippen molar-refractivity contribution in [1.29, 1.82) is 0 Å². The topological polar surface area (TPSA) is 122 Å². The molecular weight excluding hydrogens is 358 g/mol.